The molecule has 116 valence electrons. The van der Waals surface area contributed by atoms with Crippen molar-refractivity contribution < 1.29 is 14.3 Å². The van der Waals surface area contributed by atoms with Gasteiger partial charge in [0.1, 0.15) is 5.82 Å². The maximum absolute atomic E-state index is 12.9. The van der Waals surface area contributed by atoms with E-state index in [4.69, 9.17) is 0 Å². The van der Waals surface area contributed by atoms with Gasteiger partial charge in [-0.3, -0.25) is 4.79 Å². The number of β-amino-alcohol motifs (C(OH)–C–C–N with tert-alkyl or cyclic N) is 1. The molecule has 3 rings (SSSR count). The SMILES string of the molecule is O=C(Nc1ncc(Cc2ccc(F)cc2)s1)[C@@H]1C[C@@H](O)CN1. The number of halogens is 1. The largest absolute Gasteiger partial charge is 0.392 e. The number of benzene rings is 1. The lowest BCUT2D eigenvalue weighted by Crippen LogP contribution is -2.35. The van der Waals surface area contributed by atoms with Crippen molar-refractivity contribution in [2.24, 2.45) is 0 Å². The molecule has 1 amide bonds. The van der Waals surface area contributed by atoms with E-state index in [1.165, 1.54) is 23.5 Å². The molecule has 0 aliphatic carbocycles. The van der Waals surface area contributed by atoms with Crippen LogP contribution in [0.15, 0.2) is 30.5 Å². The number of aliphatic hydroxyl groups excluding tert-OH is 1. The molecule has 2 aromatic rings. The molecule has 1 aromatic heterocycles. The van der Waals surface area contributed by atoms with Crippen molar-refractivity contribution in [2.75, 3.05) is 11.9 Å². The Hall–Kier alpha value is -1.83. The second kappa shape index (κ2) is 6.51. The lowest BCUT2D eigenvalue weighted by atomic mass is 10.1. The van der Waals surface area contributed by atoms with E-state index in [9.17, 15) is 14.3 Å². The van der Waals surface area contributed by atoms with Crippen LogP contribution in [0.5, 0.6) is 0 Å². The molecule has 0 bridgehead atoms. The number of carbonyl (C=O) groups excluding carboxylic acids is 1. The predicted molar refractivity (Wildman–Crippen MR) is 82.4 cm³/mol. The number of amides is 1. The van der Waals surface area contributed by atoms with E-state index < -0.39 is 6.10 Å². The molecule has 1 aliphatic heterocycles. The molecular weight excluding hydrogens is 305 g/mol. The molecular formula is C15H16FN3O2S. The molecule has 2 heterocycles. The van der Waals surface area contributed by atoms with Crippen LogP contribution >= 0.6 is 11.3 Å². The monoisotopic (exact) mass is 321 g/mol. The fourth-order valence-electron chi connectivity index (χ4n) is 2.36. The minimum Gasteiger partial charge on any atom is -0.392 e. The van der Waals surface area contributed by atoms with E-state index in [2.05, 4.69) is 15.6 Å². The van der Waals surface area contributed by atoms with Crippen LogP contribution in [0.2, 0.25) is 0 Å². The van der Waals surface area contributed by atoms with E-state index in [1.54, 1.807) is 18.3 Å². The minimum atomic E-state index is -0.471. The first-order chi connectivity index (χ1) is 10.6. The summed E-state index contributed by atoms with van der Waals surface area (Å²) in [4.78, 5) is 17.2. The number of nitrogens with zero attached hydrogens (tertiary/aromatic N) is 1. The summed E-state index contributed by atoms with van der Waals surface area (Å²) in [7, 11) is 0. The van der Waals surface area contributed by atoms with Gasteiger partial charge in [-0.15, -0.1) is 11.3 Å². The van der Waals surface area contributed by atoms with Crippen LogP contribution in [-0.4, -0.2) is 34.7 Å². The molecule has 22 heavy (non-hydrogen) atoms. The summed E-state index contributed by atoms with van der Waals surface area (Å²) >= 11 is 1.39. The number of aromatic nitrogens is 1. The molecule has 1 aromatic carbocycles. The third-order valence-corrected chi connectivity index (χ3v) is 4.41. The highest BCUT2D eigenvalue weighted by molar-refractivity contribution is 7.15. The number of rotatable bonds is 4. The topological polar surface area (TPSA) is 74.2 Å². The Bertz CT molecular complexity index is 659. The first kappa shape index (κ1) is 15.1. The first-order valence-corrected chi connectivity index (χ1v) is 7.83. The maximum atomic E-state index is 12.9. The normalized spacial score (nSPS) is 21.0. The number of thiazole rings is 1. The molecule has 2 atom stereocenters. The van der Waals surface area contributed by atoms with Gasteiger partial charge in [-0.2, -0.15) is 0 Å². The van der Waals surface area contributed by atoms with Crippen molar-refractivity contribution in [2.45, 2.75) is 25.0 Å². The Morgan fingerprint density at radius 2 is 2.23 bits per heavy atom. The highest BCUT2D eigenvalue weighted by Gasteiger charge is 2.28. The Balaban J connectivity index is 1.59. The summed E-state index contributed by atoms with van der Waals surface area (Å²) in [6, 6.07) is 5.94. The Labute approximate surface area is 131 Å². The first-order valence-electron chi connectivity index (χ1n) is 7.01. The third-order valence-electron chi connectivity index (χ3n) is 3.50. The van der Waals surface area contributed by atoms with Gasteiger partial charge < -0.3 is 15.7 Å². The number of anilines is 1. The van der Waals surface area contributed by atoms with Crippen molar-refractivity contribution in [1.82, 2.24) is 10.3 Å². The zero-order valence-electron chi connectivity index (χ0n) is 11.8. The van der Waals surface area contributed by atoms with Crippen molar-refractivity contribution >= 4 is 22.4 Å². The molecule has 0 unspecified atom stereocenters. The smallest absolute Gasteiger partial charge is 0.243 e. The van der Waals surface area contributed by atoms with E-state index >= 15 is 0 Å². The van der Waals surface area contributed by atoms with Crippen molar-refractivity contribution in [3.8, 4) is 0 Å². The van der Waals surface area contributed by atoms with Gasteiger partial charge >= 0.3 is 0 Å². The second-order valence-corrected chi connectivity index (χ2v) is 6.39. The van der Waals surface area contributed by atoms with Crippen molar-refractivity contribution in [1.29, 1.82) is 0 Å². The molecule has 1 saturated heterocycles. The van der Waals surface area contributed by atoms with Gasteiger partial charge in [-0.05, 0) is 24.1 Å². The third kappa shape index (κ3) is 3.68. The predicted octanol–water partition coefficient (Wildman–Crippen LogP) is 1.53. The lowest BCUT2D eigenvalue weighted by Gasteiger charge is -2.08. The molecule has 1 aliphatic rings. The second-order valence-electron chi connectivity index (χ2n) is 5.27. The van der Waals surface area contributed by atoms with Crippen molar-refractivity contribution in [3.05, 3.63) is 46.7 Å². The fourth-order valence-corrected chi connectivity index (χ4v) is 3.21. The number of hydrogen-bond acceptors (Lipinski definition) is 5. The van der Waals surface area contributed by atoms with Crippen LogP contribution in [0.4, 0.5) is 9.52 Å². The van der Waals surface area contributed by atoms with Crippen LogP contribution in [-0.2, 0) is 11.2 Å². The molecule has 0 saturated carbocycles. The van der Waals surface area contributed by atoms with Gasteiger partial charge in [0.25, 0.3) is 0 Å². The number of nitrogens with one attached hydrogen (secondary N) is 2. The Morgan fingerprint density at radius 3 is 2.91 bits per heavy atom. The highest BCUT2D eigenvalue weighted by atomic mass is 32.1. The van der Waals surface area contributed by atoms with Crippen LogP contribution in [0.1, 0.15) is 16.9 Å². The van der Waals surface area contributed by atoms with Crippen LogP contribution in [0.3, 0.4) is 0 Å². The standard InChI is InChI=1S/C15H16FN3O2S/c16-10-3-1-9(2-4-10)5-12-8-18-15(22-12)19-14(21)13-6-11(20)7-17-13/h1-4,8,11,13,17,20H,5-7H2,(H,18,19,21)/t11-,13+/m1/s1. The van der Waals surface area contributed by atoms with Gasteiger partial charge in [0.2, 0.25) is 5.91 Å². The average Bonchev–Trinajstić information content (AvgIpc) is 3.11. The highest BCUT2D eigenvalue weighted by Crippen LogP contribution is 2.22. The van der Waals surface area contributed by atoms with Crippen molar-refractivity contribution in [3.63, 3.8) is 0 Å². The molecule has 7 heteroatoms. The summed E-state index contributed by atoms with van der Waals surface area (Å²) in [6.07, 6.45) is 2.30. The molecule has 5 nitrogen and oxygen atoms in total. The number of aliphatic hydroxyl groups is 1. The van der Waals surface area contributed by atoms with E-state index in [0.29, 0.717) is 24.5 Å². The average molecular weight is 321 g/mol. The van der Waals surface area contributed by atoms with Gasteiger partial charge in [0, 0.05) is 24.0 Å². The van der Waals surface area contributed by atoms with E-state index in [-0.39, 0.29) is 17.8 Å². The van der Waals surface area contributed by atoms with Gasteiger partial charge in [0.15, 0.2) is 5.13 Å². The summed E-state index contributed by atoms with van der Waals surface area (Å²) in [5.41, 5.74) is 0.989. The quantitative estimate of drug-likeness (QED) is 0.798. The van der Waals surface area contributed by atoms with Gasteiger partial charge in [-0.25, -0.2) is 9.37 Å². The fraction of sp³-hybridized carbons (Fsp3) is 0.333. The molecule has 1 fully saturated rings. The molecule has 0 spiro atoms. The Kier molecular flexibility index (Phi) is 4.47. The maximum Gasteiger partial charge on any atom is 0.243 e. The van der Waals surface area contributed by atoms with Gasteiger partial charge in [-0.1, -0.05) is 12.1 Å². The number of carbonyl (C=O) groups is 1. The van der Waals surface area contributed by atoms with E-state index in [1.807, 2.05) is 0 Å². The van der Waals surface area contributed by atoms with Gasteiger partial charge in [0.05, 0.1) is 12.1 Å². The summed E-state index contributed by atoms with van der Waals surface area (Å²) in [6.45, 7) is 0.436. The summed E-state index contributed by atoms with van der Waals surface area (Å²) in [5, 5.41) is 15.7. The van der Waals surface area contributed by atoms with E-state index in [0.717, 1.165) is 10.4 Å². The molecule has 0 radical (unpaired) electrons. The van der Waals surface area contributed by atoms with Crippen LogP contribution in [0.25, 0.3) is 0 Å². The summed E-state index contributed by atoms with van der Waals surface area (Å²) in [5.74, 6) is -0.438. The zero-order chi connectivity index (χ0) is 15.5. The zero-order valence-corrected chi connectivity index (χ0v) is 12.6. The Morgan fingerprint density at radius 1 is 1.45 bits per heavy atom. The lowest BCUT2D eigenvalue weighted by molar-refractivity contribution is -0.117. The minimum absolute atomic E-state index is 0.181. The summed E-state index contributed by atoms with van der Waals surface area (Å²) < 4.78 is 12.9. The molecule has 3 N–H and O–H groups in total. The number of hydrogen-bond donors (Lipinski definition) is 3. The van der Waals surface area contributed by atoms with Crippen LogP contribution in [0, 0.1) is 5.82 Å². The van der Waals surface area contributed by atoms with Crippen LogP contribution < -0.4 is 10.6 Å².